The Morgan fingerprint density at radius 2 is 0.104 bits per heavy atom. The minimum atomic E-state index is 1.68. The molecule has 0 saturated heterocycles. The van der Waals surface area contributed by atoms with Crippen molar-refractivity contribution >= 4 is 0 Å². The molecule has 0 saturated carbocycles. The smallest absolute Gasteiger partial charge is 0 e. The van der Waals surface area contributed by atoms with Crippen molar-refractivity contribution in [3.8, 4) is 735 Å². The van der Waals surface area contributed by atoms with Gasteiger partial charge in [0.15, 0.2) is 0 Å². The summed E-state index contributed by atoms with van der Waals surface area (Å²) in [5.41, 5.74) is 0. The van der Waals surface area contributed by atoms with Gasteiger partial charge in [0.05, 0.1) is 0 Å². The first kappa shape index (κ1) is 97.7. The van der Waals surface area contributed by atoms with Gasteiger partial charge in [-0.15, -0.1) is 6.42 Å². The lowest BCUT2D eigenvalue weighted by Crippen LogP contribution is -1.57. The molecule has 0 amide bonds. The maximum absolute atomic E-state index is 4.96. The summed E-state index contributed by atoms with van der Waals surface area (Å²) >= 11 is 0. The Morgan fingerprint density at radius 1 is 0.0640 bits per heavy atom. The van der Waals surface area contributed by atoms with E-state index >= 15 is 0 Å². The van der Waals surface area contributed by atoms with Gasteiger partial charge in [-0.25, -0.2) is 0 Å². The third kappa shape index (κ3) is 96.7. The van der Waals surface area contributed by atoms with Crippen LogP contribution in [-0.4, -0.2) is 0 Å². The van der Waals surface area contributed by atoms with E-state index in [0.29, 0.717) is 0 Å². The molecular weight excluding hydrogens is 1500 g/mol. The van der Waals surface area contributed by atoms with Gasteiger partial charge in [0, 0.05) is 628 Å². The molecule has 125 heavy (non-hydrogen) atoms. The first-order chi connectivity index (χ1) is 62.4. The third-order valence-electron chi connectivity index (χ3n) is 7.70. The number of rotatable bonds is 0. The highest BCUT2D eigenvalue weighted by Gasteiger charge is 1.69. The molecule has 0 aliphatic rings. The molecule has 0 bridgehead atoms. The Labute approximate surface area is 736 Å². The summed E-state index contributed by atoms with van der Waals surface area (Å²) in [6, 6.07) is 0. The van der Waals surface area contributed by atoms with Crippen LogP contribution in [-0.2, 0) is 0 Å². The summed E-state index contributed by atoms with van der Waals surface area (Å²) in [5, 5.41) is 0. The van der Waals surface area contributed by atoms with Gasteiger partial charge in [0.1, 0.15) is 0 Å². The minimum Gasteiger partial charge on any atom is -0.106 e. The number of hydrogen-bond donors (Lipinski definition) is 0. The summed E-state index contributed by atoms with van der Waals surface area (Å²) in [4.78, 5) is 0. The highest BCUT2D eigenvalue weighted by atomic mass is 13.7. The predicted octanol–water partition coefficient (Wildman–Crippen LogP) is 0.847. The Bertz CT molecular complexity index is 8750. The van der Waals surface area contributed by atoms with Gasteiger partial charge >= 0.3 is 0 Å². The second-order valence-electron chi connectivity index (χ2n) is 15.5. The molecule has 0 spiro atoms. The van der Waals surface area contributed by atoms with Crippen molar-refractivity contribution < 1.29 is 0 Å². The standard InChI is InChI=1S/C125H4/c1-3-5-7-9-11-13-15-17-19-21-23-25-27-29-31-33-35-37-39-41-43-45-47-49-51-53-55-57-59-61-63-65-67-69-71-73-75-77-79-81-83-85-87-89-91-93-95-97-99-101-103-105-107-109-111-113-115-117-119-121-123-125-124-122-120-118-116-114-112-110-108-106-104-102-100-98-96-94-92-90-88-86-84-82-80-78-76-74-72-70-68-66-64-62-60-58-56-54-52-50-48-46-44-42-40-38-36-34-32-30-28-26-24-22-20-18-16-14-12-10-8-6-4-2/h1H,2H3. The Balaban J connectivity index is 4.65. The zero-order valence-electron chi connectivity index (χ0n) is 63.1. The van der Waals surface area contributed by atoms with Gasteiger partial charge in [-0.1, -0.05) is 5.92 Å². The molecule has 0 radical (unpaired) electrons. The van der Waals surface area contributed by atoms with Crippen LogP contribution in [0.15, 0.2) is 0 Å². The van der Waals surface area contributed by atoms with E-state index in [1.165, 1.54) is 0 Å². The molecule has 0 aliphatic carbocycles. The molecule has 0 heteroatoms. The topological polar surface area (TPSA) is 0 Å². The van der Waals surface area contributed by atoms with Gasteiger partial charge in [0.25, 0.3) is 0 Å². The van der Waals surface area contributed by atoms with E-state index in [1.54, 1.807) is 6.92 Å². The maximum Gasteiger partial charge on any atom is 0 e. The average Bonchev–Trinajstić information content (AvgIpc) is 1.66. The predicted molar refractivity (Wildman–Crippen MR) is 489 cm³/mol. The van der Waals surface area contributed by atoms with Crippen LogP contribution < -0.4 is 0 Å². The molecule has 0 aliphatic heterocycles. The second-order valence-corrected chi connectivity index (χ2v) is 15.5. The Kier molecular flexibility index (Phi) is 75.6. The maximum atomic E-state index is 4.96. The molecule has 504 valence electrons. The molecule has 0 rings (SSSR count). The molecule has 0 aromatic rings. The molecule has 0 aromatic carbocycles. The highest BCUT2D eigenvalue weighted by Crippen LogP contribution is 1.70. The van der Waals surface area contributed by atoms with E-state index in [4.69, 9.17) is 6.42 Å². The molecule has 0 atom stereocenters. The molecule has 0 unspecified atom stereocenters. The molecule has 0 N–H and O–H groups in total. The van der Waals surface area contributed by atoms with Crippen LogP contribution in [0.4, 0.5) is 0 Å². The van der Waals surface area contributed by atoms with Gasteiger partial charge in [-0.2, -0.15) is 0 Å². The molecule has 0 fully saturated rings. The van der Waals surface area contributed by atoms with Crippen LogP contribution in [0.25, 0.3) is 0 Å². The van der Waals surface area contributed by atoms with Crippen LogP contribution in [0, 0.1) is 735 Å². The van der Waals surface area contributed by atoms with E-state index in [1.807, 2.05) is 0 Å². The van der Waals surface area contributed by atoms with Crippen molar-refractivity contribution in [3.63, 3.8) is 0 Å². The van der Waals surface area contributed by atoms with Crippen molar-refractivity contribution in [3.05, 3.63) is 0 Å². The van der Waals surface area contributed by atoms with Crippen molar-refractivity contribution in [2.75, 3.05) is 0 Å². The minimum absolute atomic E-state index is 1.68. The fraction of sp³-hybridized carbons (Fsp3) is 0.00800. The molecular formula is C125H4. The van der Waals surface area contributed by atoms with Crippen LogP contribution in [0.3, 0.4) is 0 Å². The Morgan fingerprint density at radius 3 is 0.144 bits per heavy atom. The van der Waals surface area contributed by atoms with E-state index in [0.717, 1.165) is 0 Å². The lowest BCUT2D eigenvalue weighted by atomic mass is 10.4. The van der Waals surface area contributed by atoms with E-state index in [-0.39, 0.29) is 0 Å². The number of hydrogen-bond acceptors (Lipinski definition) is 0. The first-order valence-corrected chi connectivity index (χ1v) is 31.3. The van der Waals surface area contributed by atoms with Crippen molar-refractivity contribution in [2.24, 2.45) is 0 Å². The van der Waals surface area contributed by atoms with E-state index in [9.17, 15) is 0 Å². The van der Waals surface area contributed by atoms with E-state index < -0.39 is 0 Å². The summed E-state index contributed by atoms with van der Waals surface area (Å²) in [6.45, 7) is 1.68. The largest absolute Gasteiger partial charge is 0.106 e. The Hall–Kier alpha value is -27.3. The fourth-order valence-corrected chi connectivity index (χ4v) is 3.82. The fourth-order valence-electron chi connectivity index (χ4n) is 3.82. The highest BCUT2D eigenvalue weighted by molar-refractivity contribution is 5.58. The lowest BCUT2D eigenvalue weighted by Gasteiger charge is -1.58. The third-order valence-corrected chi connectivity index (χ3v) is 7.70. The van der Waals surface area contributed by atoms with E-state index in [2.05, 4.69) is 728 Å². The van der Waals surface area contributed by atoms with Gasteiger partial charge in [-0.05, 0) is 102 Å². The monoisotopic (exact) mass is 1500 g/mol. The molecule has 0 nitrogen and oxygen atoms in total. The van der Waals surface area contributed by atoms with Crippen LogP contribution in [0.5, 0.6) is 0 Å². The quantitative estimate of drug-likeness (QED) is 0.317. The summed E-state index contributed by atoms with van der Waals surface area (Å²) in [6.07, 6.45) is 4.96. The van der Waals surface area contributed by atoms with Crippen LogP contribution >= 0.6 is 0 Å². The second kappa shape index (κ2) is 96.7. The molecule has 0 heterocycles. The van der Waals surface area contributed by atoms with Gasteiger partial charge in [-0.3, -0.25) is 0 Å². The molecule has 0 aromatic heterocycles. The van der Waals surface area contributed by atoms with Crippen molar-refractivity contribution in [2.45, 2.75) is 6.92 Å². The zero-order chi connectivity index (χ0) is 89.0. The van der Waals surface area contributed by atoms with Crippen LogP contribution in [0.2, 0.25) is 0 Å². The van der Waals surface area contributed by atoms with Crippen molar-refractivity contribution in [1.82, 2.24) is 0 Å². The zero-order valence-corrected chi connectivity index (χ0v) is 63.1. The SMILES string of the molecule is C#CC#CC#CC#CC#CC#CC#CC#CC#CC#CC#CC#CC#CC#CC#CC#CC#CC#CC#CC#CC#CC#CC#CC#CC#CC#CC#CC#CC#CC#CC#CC#CC#CC#CC#CC#CC#CC#CC#CC#CC#CC#CC#CC#CC#CC#CC#CC#CC#CC#CC#CC#CC#CC#CC#CC#CC#CC#CC#CC#CC#CC#CC. The average molecular weight is 1510 g/mol. The van der Waals surface area contributed by atoms with Crippen LogP contribution in [0.1, 0.15) is 6.92 Å². The summed E-state index contributed by atoms with van der Waals surface area (Å²) in [7, 11) is 0. The normalized spacial score (nSPS) is 3.97. The summed E-state index contributed by atoms with van der Waals surface area (Å²) in [5.74, 6) is 307. The van der Waals surface area contributed by atoms with Gasteiger partial charge in [0.2, 0.25) is 0 Å². The first-order valence-electron chi connectivity index (χ1n) is 31.3. The lowest BCUT2D eigenvalue weighted by molar-refractivity contribution is 1.92. The van der Waals surface area contributed by atoms with Crippen molar-refractivity contribution in [1.29, 1.82) is 0 Å². The summed E-state index contributed by atoms with van der Waals surface area (Å²) < 4.78 is 0. The van der Waals surface area contributed by atoms with Gasteiger partial charge < -0.3 is 0 Å². The number of terminal acetylenes is 1.